The van der Waals surface area contributed by atoms with Crippen LogP contribution in [0.25, 0.3) is 0 Å². The van der Waals surface area contributed by atoms with Crippen LogP contribution in [0.1, 0.15) is 25.3 Å². The molecule has 0 aliphatic heterocycles. The highest BCUT2D eigenvalue weighted by Crippen LogP contribution is 2.26. The molecule has 3 nitrogen and oxygen atoms in total. The molecule has 0 aliphatic rings. The lowest BCUT2D eigenvalue weighted by atomic mass is 10.1. The molecule has 0 bridgehead atoms. The van der Waals surface area contributed by atoms with E-state index in [1.165, 1.54) is 11.3 Å². The molecule has 0 saturated heterocycles. The number of hydrogen-bond donors (Lipinski definition) is 0. The fourth-order valence-electron chi connectivity index (χ4n) is 1.05. The van der Waals surface area contributed by atoms with Gasteiger partial charge in [0.25, 0.3) is 0 Å². The Bertz CT molecular complexity index is 270. The van der Waals surface area contributed by atoms with Gasteiger partial charge in [0.05, 0.1) is 4.92 Å². The van der Waals surface area contributed by atoms with Crippen molar-refractivity contribution in [3.63, 3.8) is 0 Å². The summed E-state index contributed by atoms with van der Waals surface area (Å²) >= 11 is 1.21. The van der Waals surface area contributed by atoms with Crippen LogP contribution in [-0.2, 0) is 6.42 Å². The topological polar surface area (TPSA) is 43.1 Å². The van der Waals surface area contributed by atoms with Crippen molar-refractivity contribution in [2.24, 2.45) is 0 Å². The lowest BCUT2D eigenvalue weighted by molar-refractivity contribution is -0.380. The summed E-state index contributed by atoms with van der Waals surface area (Å²) in [4.78, 5) is 10.2. The molecule has 0 fully saturated rings. The van der Waals surface area contributed by atoms with Crippen LogP contribution in [0.3, 0.4) is 0 Å². The van der Waals surface area contributed by atoms with Gasteiger partial charge in [0.2, 0.25) is 0 Å². The summed E-state index contributed by atoms with van der Waals surface area (Å²) in [6.07, 6.45) is 2.93. The summed E-state index contributed by atoms with van der Waals surface area (Å²) in [7, 11) is 0. The molecule has 0 radical (unpaired) electrons. The average Bonchev–Trinajstić information content (AvgIpc) is 2.48. The summed E-state index contributed by atoms with van der Waals surface area (Å²) in [5.74, 6) is 0. The SMILES string of the molecule is CCCCc1ccsc1[N+](=O)[O-]. The van der Waals surface area contributed by atoms with E-state index in [0.29, 0.717) is 5.00 Å². The Hall–Kier alpha value is -0.900. The minimum absolute atomic E-state index is 0.296. The zero-order valence-electron chi connectivity index (χ0n) is 6.95. The van der Waals surface area contributed by atoms with Crippen molar-refractivity contribution < 1.29 is 4.92 Å². The highest BCUT2D eigenvalue weighted by Gasteiger charge is 2.13. The first kappa shape index (κ1) is 9.19. The number of unbranched alkanes of at least 4 members (excludes halogenated alkanes) is 1. The molecule has 12 heavy (non-hydrogen) atoms. The Morgan fingerprint density at radius 1 is 1.67 bits per heavy atom. The molecule has 1 aromatic heterocycles. The molecule has 0 aliphatic carbocycles. The van der Waals surface area contributed by atoms with Gasteiger partial charge in [0.15, 0.2) is 0 Å². The first-order valence-electron chi connectivity index (χ1n) is 3.96. The summed E-state index contributed by atoms with van der Waals surface area (Å²) in [6.45, 7) is 2.08. The van der Waals surface area contributed by atoms with E-state index in [1.807, 2.05) is 6.07 Å². The maximum Gasteiger partial charge on any atom is 0.327 e. The Morgan fingerprint density at radius 3 is 3.00 bits per heavy atom. The van der Waals surface area contributed by atoms with Gasteiger partial charge in [-0.25, -0.2) is 0 Å². The number of hydrogen-bond acceptors (Lipinski definition) is 3. The third-order valence-corrected chi connectivity index (χ3v) is 2.60. The molecule has 0 saturated carbocycles. The van der Waals surface area contributed by atoms with Crippen LogP contribution in [0.2, 0.25) is 0 Å². The van der Waals surface area contributed by atoms with Crippen LogP contribution < -0.4 is 0 Å². The van der Waals surface area contributed by atoms with Gasteiger partial charge in [0.1, 0.15) is 0 Å². The molecule has 1 aromatic rings. The maximum absolute atomic E-state index is 10.5. The molecular formula is C8H11NO2S. The van der Waals surface area contributed by atoms with Crippen LogP contribution in [-0.4, -0.2) is 4.92 Å². The minimum atomic E-state index is -0.296. The summed E-state index contributed by atoms with van der Waals surface area (Å²) in [5, 5.41) is 12.6. The first-order valence-corrected chi connectivity index (χ1v) is 4.84. The van der Waals surface area contributed by atoms with Crippen LogP contribution in [0.15, 0.2) is 11.4 Å². The summed E-state index contributed by atoms with van der Waals surface area (Å²) in [6, 6.07) is 1.85. The summed E-state index contributed by atoms with van der Waals surface area (Å²) in [5.41, 5.74) is 0.881. The number of aryl methyl sites for hydroxylation is 1. The van der Waals surface area contributed by atoms with Crippen molar-refractivity contribution in [2.75, 3.05) is 0 Å². The van der Waals surface area contributed by atoms with E-state index in [1.54, 1.807) is 5.38 Å². The molecule has 1 rings (SSSR count). The van der Waals surface area contributed by atoms with Gasteiger partial charge in [0, 0.05) is 5.56 Å². The fraction of sp³-hybridized carbons (Fsp3) is 0.500. The number of nitrogens with zero attached hydrogens (tertiary/aromatic N) is 1. The number of rotatable bonds is 4. The van der Waals surface area contributed by atoms with Crippen LogP contribution >= 0.6 is 11.3 Å². The van der Waals surface area contributed by atoms with E-state index in [2.05, 4.69) is 6.92 Å². The van der Waals surface area contributed by atoms with Gasteiger partial charge in [-0.1, -0.05) is 24.7 Å². The van der Waals surface area contributed by atoms with Crippen molar-refractivity contribution in [2.45, 2.75) is 26.2 Å². The smallest absolute Gasteiger partial charge is 0.258 e. The second-order valence-electron chi connectivity index (χ2n) is 2.61. The normalized spacial score (nSPS) is 10.1. The van der Waals surface area contributed by atoms with E-state index in [4.69, 9.17) is 0 Å². The first-order chi connectivity index (χ1) is 5.75. The van der Waals surface area contributed by atoms with Crippen molar-refractivity contribution >= 4 is 16.3 Å². The van der Waals surface area contributed by atoms with Crippen LogP contribution in [0.5, 0.6) is 0 Å². The highest BCUT2D eigenvalue weighted by atomic mass is 32.1. The Labute approximate surface area is 75.2 Å². The zero-order chi connectivity index (χ0) is 8.97. The zero-order valence-corrected chi connectivity index (χ0v) is 7.76. The number of thiophene rings is 1. The van der Waals surface area contributed by atoms with E-state index in [-0.39, 0.29) is 4.92 Å². The largest absolute Gasteiger partial charge is 0.327 e. The van der Waals surface area contributed by atoms with Crippen LogP contribution in [0, 0.1) is 10.1 Å². The van der Waals surface area contributed by atoms with Gasteiger partial charge in [-0.3, -0.25) is 10.1 Å². The molecule has 0 atom stereocenters. The fourth-order valence-corrected chi connectivity index (χ4v) is 1.81. The van der Waals surface area contributed by atoms with Gasteiger partial charge in [-0.05, 0) is 24.3 Å². The average molecular weight is 185 g/mol. The maximum atomic E-state index is 10.5. The second kappa shape index (κ2) is 4.21. The third-order valence-electron chi connectivity index (χ3n) is 1.69. The number of nitro groups is 1. The second-order valence-corrected chi connectivity index (χ2v) is 3.51. The van der Waals surface area contributed by atoms with E-state index in [0.717, 1.165) is 24.8 Å². The molecule has 1 heterocycles. The molecule has 66 valence electrons. The summed E-state index contributed by atoms with van der Waals surface area (Å²) < 4.78 is 0. The van der Waals surface area contributed by atoms with E-state index >= 15 is 0 Å². The predicted octanol–water partition coefficient (Wildman–Crippen LogP) is 3.00. The lowest BCUT2D eigenvalue weighted by Gasteiger charge is -1.93. The van der Waals surface area contributed by atoms with Crippen molar-refractivity contribution in [3.05, 3.63) is 27.1 Å². The van der Waals surface area contributed by atoms with E-state index < -0.39 is 0 Å². The van der Waals surface area contributed by atoms with E-state index in [9.17, 15) is 10.1 Å². The molecule has 0 unspecified atom stereocenters. The molecule has 0 spiro atoms. The predicted molar refractivity (Wildman–Crippen MR) is 49.6 cm³/mol. The van der Waals surface area contributed by atoms with Crippen molar-refractivity contribution in [1.82, 2.24) is 0 Å². The van der Waals surface area contributed by atoms with Gasteiger partial charge < -0.3 is 0 Å². The third kappa shape index (κ3) is 2.04. The molecule has 0 amide bonds. The molecule has 4 heteroatoms. The Kier molecular flexibility index (Phi) is 3.22. The quantitative estimate of drug-likeness (QED) is 0.534. The van der Waals surface area contributed by atoms with Crippen LogP contribution in [0.4, 0.5) is 5.00 Å². The Morgan fingerprint density at radius 2 is 2.42 bits per heavy atom. The standard InChI is InChI=1S/C8H11NO2S/c1-2-3-4-7-5-6-12-8(7)9(10)11/h5-6H,2-4H2,1H3. The molecule has 0 aromatic carbocycles. The minimum Gasteiger partial charge on any atom is -0.258 e. The van der Waals surface area contributed by atoms with Gasteiger partial charge in [-0.15, -0.1) is 0 Å². The van der Waals surface area contributed by atoms with Gasteiger partial charge in [-0.2, -0.15) is 0 Å². The van der Waals surface area contributed by atoms with Crippen molar-refractivity contribution in [1.29, 1.82) is 0 Å². The van der Waals surface area contributed by atoms with Gasteiger partial charge >= 0.3 is 5.00 Å². The lowest BCUT2D eigenvalue weighted by Crippen LogP contribution is -1.90. The monoisotopic (exact) mass is 185 g/mol. The van der Waals surface area contributed by atoms with Crippen molar-refractivity contribution in [3.8, 4) is 0 Å². The molecule has 0 N–H and O–H groups in total. The Balaban J connectivity index is 2.70. The molecular weight excluding hydrogens is 174 g/mol. The highest BCUT2D eigenvalue weighted by molar-refractivity contribution is 7.13.